The summed E-state index contributed by atoms with van der Waals surface area (Å²) in [5, 5.41) is 7.43. The average Bonchev–Trinajstić information content (AvgIpc) is 4.09. The van der Waals surface area contributed by atoms with Crippen molar-refractivity contribution in [2.75, 3.05) is 26.4 Å². The van der Waals surface area contributed by atoms with Crippen molar-refractivity contribution < 1.29 is 79.4 Å². The van der Waals surface area contributed by atoms with Gasteiger partial charge < -0.3 is 59.6 Å². The van der Waals surface area contributed by atoms with E-state index < -0.39 is 115 Å². The van der Waals surface area contributed by atoms with E-state index in [0.29, 0.717) is 18.4 Å². The molecule has 3 heterocycles. The summed E-state index contributed by atoms with van der Waals surface area (Å²) >= 11 is 0. The second kappa shape index (κ2) is 33.1. The van der Waals surface area contributed by atoms with E-state index in [0.717, 1.165) is 24.3 Å². The molecule has 3 aliphatic heterocycles. The summed E-state index contributed by atoms with van der Waals surface area (Å²) in [6, 6.07) is 21.7. The number of alkyl halides is 4. The second-order valence-corrected chi connectivity index (χ2v) is 19.8. The SMILES string of the molecule is C1CCOC1.CCOC(=O)C(CC(F)(F)[C@H]1O[C@H](CC)[C@H](C)[C@H](OCc2ccccc2)[C@H]1NC(C)=O)NC(=O)OCc1ccccc1.CCOC(=O)C(N)CC(F)(F)[C@H]1O[C@H](CC)[C@H](C)[C@H](OCc2ccccc2)[C@H]1NC(C)=O. The van der Waals surface area contributed by atoms with E-state index in [-0.39, 0.29) is 44.9 Å². The molecule has 3 aromatic rings. The minimum Gasteiger partial charge on any atom is -0.465 e. The Hall–Kier alpha value is -5.71. The molecule has 21 heteroatoms. The Bertz CT molecular complexity index is 2280. The van der Waals surface area contributed by atoms with Crippen LogP contribution in [0.15, 0.2) is 91.0 Å². The van der Waals surface area contributed by atoms with Crippen molar-refractivity contribution in [3.63, 3.8) is 0 Å². The smallest absolute Gasteiger partial charge is 0.408 e. The quantitative estimate of drug-likeness (QED) is 0.0398. The maximum absolute atomic E-state index is 16.2. The molecule has 6 rings (SSSR count). The van der Waals surface area contributed by atoms with Crippen LogP contribution in [0.4, 0.5) is 22.4 Å². The first-order chi connectivity index (χ1) is 37.7. The standard InChI is InChI=1S/C31H40F2N2O7.C23H34F2N2O5.C4H8O/c1-5-25-20(3)27(40-18-22-13-9-7-10-14-22)26(34-21(4)36)28(42-25)31(32,33)17-24(29(37)39-6-2)35-30(38)41-19-23-15-11-8-12-16-23;1-5-18-14(3)20(31-13-16-10-8-7-9-11-16)19(27-15(4)28)21(32-18)23(24,25)12-17(26)22(29)30-6-2;1-2-4-5-3-1/h7-16,20,24-28H,5-6,17-19H2,1-4H3,(H,34,36)(H,35,38);7-11,14,17-21H,5-6,12-13,26H2,1-4H3,(H,27,28);1-4H2/t20-,24?,25+,26+,27-,28-;14-,17?,18+,19+,20-,21-;/m00./s1. The number of rotatable bonds is 23. The number of hydrogen-bond acceptors (Lipinski definition) is 14. The van der Waals surface area contributed by atoms with Crippen molar-refractivity contribution >= 4 is 29.8 Å². The van der Waals surface area contributed by atoms with Gasteiger partial charge in [0.1, 0.15) is 30.9 Å². The minimum atomic E-state index is -3.71. The topological polar surface area (TPSA) is 221 Å². The number of hydrogen-bond donors (Lipinski definition) is 4. The highest BCUT2D eigenvalue weighted by Gasteiger charge is 2.57. The maximum Gasteiger partial charge on any atom is 0.408 e. The summed E-state index contributed by atoms with van der Waals surface area (Å²) in [6.07, 6.45) is -5.98. The van der Waals surface area contributed by atoms with Crippen LogP contribution in [-0.4, -0.2) is 129 Å². The molecule has 3 saturated heterocycles. The number of alkyl carbamates (subject to hydrolysis) is 1. The molecule has 2 unspecified atom stereocenters. The zero-order valence-electron chi connectivity index (χ0n) is 46.7. The van der Waals surface area contributed by atoms with E-state index >= 15 is 17.6 Å². The van der Waals surface area contributed by atoms with Crippen LogP contribution in [0.1, 0.15) is 111 Å². The highest BCUT2D eigenvalue weighted by Crippen LogP contribution is 2.41. The molecule has 3 amide bonds. The van der Waals surface area contributed by atoms with Crippen molar-refractivity contribution in [3.05, 3.63) is 108 Å². The molecule has 0 aliphatic carbocycles. The minimum absolute atomic E-state index is 0.0391. The monoisotopic (exact) mass is 1120 g/mol. The summed E-state index contributed by atoms with van der Waals surface area (Å²) in [5.74, 6) is -10.8. The molecule has 3 aromatic carbocycles. The van der Waals surface area contributed by atoms with Crippen molar-refractivity contribution in [2.24, 2.45) is 17.6 Å². The highest BCUT2D eigenvalue weighted by atomic mass is 19.3. The predicted molar refractivity (Wildman–Crippen MR) is 285 cm³/mol. The summed E-state index contributed by atoms with van der Waals surface area (Å²) in [7, 11) is 0. The molecule has 12 atom stereocenters. The number of carbonyl (C=O) groups excluding carboxylic acids is 5. The molecule has 440 valence electrons. The number of nitrogens with two attached hydrogens (primary N) is 1. The molecule has 0 saturated carbocycles. The lowest BCUT2D eigenvalue weighted by molar-refractivity contribution is -0.241. The third-order valence-corrected chi connectivity index (χ3v) is 13.6. The molecule has 0 aromatic heterocycles. The van der Waals surface area contributed by atoms with Gasteiger partial charge in [-0.3, -0.25) is 14.4 Å². The fourth-order valence-electron chi connectivity index (χ4n) is 9.69. The number of benzene rings is 3. The summed E-state index contributed by atoms with van der Waals surface area (Å²) in [6.45, 7) is 15.1. The van der Waals surface area contributed by atoms with Gasteiger partial charge in [0, 0.05) is 51.7 Å². The van der Waals surface area contributed by atoms with Gasteiger partial charge in [0.2, 0.25) is 11.8 Å². The van der Waals surface area contributed by atoms with Gasteiger partial charge >= 0.3 is 18.0 Å². The summed E-state index contributed by atoms with van der Waals surface area (Å²) < 4.78 is 107. The first-order valence-electron chi connectivity index (χ1n) is 27.2. The first-order valence-corrected chi connectivity index (χ1v) is 27.2. The molecule has 79 heavy (non-hydrogen) atoms. The first kappa shape index (κ1) is 65.8. The lowest BCUT2D eigenvalue weighted by atomic mass is 9.82. The number of carbonyl (C=O) groups is 5. The normalized spacial score (nSPS) is 24.6. The van der Waals surface area contributed by atoms with E-state index in [1.165, 1.54) is 33.6 Å². The third-order valence-electron chi connectivity index (χ3n) is 13.6. The molecule has 0 radical (unpaired) electrons. The van der Waals surface area contributed by atoms with Crippen LogP contribution < -0.4 is 21.7 Å². The Morgan fingerprint density at radius 1 is 0.595 bits per heavy atom. The zero-order valence-corrected chi connectivity index (χ0v) is 46.7. The number of nitrogens with one attached hydrogen (secondary N) is 3. The van der Waals surface area contributed by atoms with Gasteiger partial charge in [0.05, 0.1) is 62.9 Å². The fraction of sp³-hybridized carbons (Fsp3) is 0.603. The molecule has 17 nitrogen and oxygen atoms in total. The maximum atomic E-state index is 16.2. The van der Waals surface area contributed by atoms with Gasteiger partial charge in [-0.1, -0.05) is 119 Å². The number of halogens is 4. The Labute approximate surface area is 462 Å². The number of ether oxygens (including phenoxy) is 8. The fourth-order valence-corrected chi connectivity index (χ4v) is 9.69. The molecule has 3 fully saturated rings. The van der Waals surface area contributed by atoms with Gasteiger partial charge in [-0.15, -0.1) is 0 Å². The Kier molecular flexibility index (Phi) is 27.6. The van der Waals surface area contributed by atoms with E-state index in [9.17, 15) is 24.0 Å². The largest absolute Gasteiger partial charge is 0.465 e. The lowest BCUT2D eigenvalue weighted by Gasteiger charge is -2.48. The van der Waals surface area contributed by atoms with Crippen molar-refractivity contribution in [3.8, 4) is 0 Å². The van der Waals surface area contributed by atoms with Crippen LogP contribution in [0.2, 0.25) is 0 Å². The van der Waals surface area contributed by atoms with Gasteiger partial charge in [0.15, 0.2) is 0 Å². The highest BCUT2D eigenvalue weighted by molar-refractivity contribution is 5.81. The van der Waals surface area contributed by atoms with Crippen LogP contribution in [0, 0.1) is 11.8 Å². The summed E-state index contributed by atoms with van der Waals surface area (Å²) in [4.78, 5) is 61.2. The molecular formula is C58H82F4N4O13. The Morgan fingerprint density at radius 3 is 1.35 bits per heavy atom. The van der Waals surface area contributed by atoms with Crippen LogP contribution in [0.25, 0.3) is 0 Å². The molecular weight excluding hydrogens is 1040 g/mol. The Morgan fingerprint density at radius 2 is 0.987 bits per heavy atom. The van der Waals surface area contributed by atoms with Gasteiger partial charge in [-0.2, -0.15) is 0 Å². The van der Waals surface area contributed by atoms with E-state index in [1.54, 1.807) is 37.3 Å². The molecule has 0 spiro atoms. The van der Waals surface area contributed by atoms with Crippen LogP contribution in [-0.2, 0) is 76.9 Å². The van der Waals surface area contributed by atoms with Gasteiger partial charge in [-0.05, 0) is 56.2 Å². The van der Waals surface area contributed by atoms with E-state index in [1.807, 2.05) is 88.4 Å². The number of amides is 3. The van der Waals surface area contributed by atoms with Crippen molar-refractivity contribution in [2.45, 2.75) is 186 Å². The predicted octanol–water partition coefficient (Wildman–Crippen LogP) is 8.38. The van der Waals surface area contributed by atoms with Crippen molar-refractivity contribution in [1.29, 1.82) is 0 Å². The lowest BCUT2D eigenvalue weighted by Crippen LogP contribution is -2.66. The van der Waals surface area contributed by atoms with E-state index in [2.05, 4.69) is 16.0 Å². The van der Waals surface area contributed by atoms with Gasteiger partial charge in [-0.25, -0.2) is 27.2 Å². The van der Waals surface area contributed by atoms with Crippen LogP contribution in [0.5, 0.6) is 0 Å². The van der Waals surface area contributed by atoms with E-state index in [4.69, 9.17) is 43.6 Å². The van der Waals surface area contributed by atoms with Crippen LogP contribution in [0.3, 0.4) is 0 Å². The van der Waals surface area contributed by atoms with Crippen molar-refractivity contribution in [1.82, 2.24) is 16.0 Å². The molecule has 3 aliphatic rings. The second-order valence-electron chi connectivity index (χ2n) is 19.8. The Balaban J connectivity index is 0.000000321. The van der Waals surface area contributed by atoms with Crippen LogP contribution >= 0.6 is 0 Å². The third kappa shape index (κ3) is 21.0. The zero-order chi connectivity index (χ0) is 58.1. The average molecular weight is 1120 g/mol. The molecule has 0 bridgehead atoms. The number of esters is 2. The summed E-state index contributed by atoms with van der Waals surface area (Å²) in [5.41, 5.74) is 8.08. The molecule has 5 N–H and O–H groups in total. The van der Waals surface area contributed by atoms with Gasteiger partial charge in [0.25, 0.3) is 11.8 Å².